The highest BCUT2D eigenvalue weighted by atomic mass is 16.5. The van der Waals surface area contributed by atoms with Crippen LogP contribution >= 0.6 is 0 Å². The number of benzene rings is 1. The van der Waals surface area contributed by atoms with Gasteiger partial charge in [-0.2, -0.15) is 5.10 Å². The van der Waals surface area contributed by atoms with Gasteiger partial charge in [0.1, 0.15) is 5.78 Å². The molecule has 8 heteroatoms. The van der Waals surface area contributed by atoms with E-state index < -0.39 is 0 Å². The van der Waals surface area contributed by atoms with Crippen molar-refractivity contribution in [3.8, 4) is 11.3 Å². The number of ether oxygens (including phenoxy) is 1. The molecular weight excluding hydrogens is 416 g/mol. The Labute approximate surface area is 194 Å². The summed E-state index contributed by atoms with van der Waals surface area (Å²) >= 11 is 0. The van der Waals surface area contributed by atoms with Gasteiger partial charge >= 0.3 is 0 Å². The molecule has 0 unspecified atom stereocenters. The van der Waals surface area contributed by atoms with E-state index in [1.807, 2.05) is 29.1 Å². The normalized spacial score (nSPS) is 18.3. The zero-order valence-corrected chi connectivity index (χ0v) is 19.3. The van der Waals surface area contributed by atoms with Crippen LogP contribution in [0.15, 0.2) is 42.9 Å². The van der Waals surface area contributed by atoms with E-state index in [1.165, 1.54) is 0 Å². The van der Waals surface area contributed by atoms with Crippen molar-refractivity contribution >= 4 is 17.4 Å². The van der Waals surface area contributed by atoms with Gasteiger partial charge in [-0.1, -0.05) is 12.1 Å². The number of carbonyl (C=O) groups is 1. The van der Waals surface area contributed by atoms with Crippen LogP contribution in [0.4, 0.5) is 11.6 Å². The smallest absolute Gasteiger partial charge is 0.227 e. The number of anilines is 2. The number of Topliss-reactive ketones (excluding diaryl/α,β-unsaturated/α-hetero) is 1. The third kappa shape index (κ3) is 5.64. The molecule has 8 nitrogen and oxygen atoms in total. The van der Waals surface area contributed by atoms with E-state index in [2.05, 4.69) is 33.4 Å². The van der Waals surface area contributed by atoms with E-state index in [-0.39, 0.29) is 5.92 Å². The van der Waals surface area contributed by atoms with Crippen molar-refractivity contribution in [3.05, 3.63) is 54.0 Å². The minimum Gasteiger partial charge on any atom is -0.384 e. The van der Waals surface area contributed by atoms with Gasteiger partial charge in [-0.25, -0.2) is 9.97 Å². The average molecular weight is 449 g/mol. The lowest BCUT2D eigenvalue weighted by Crippen LogP contribution is -2.24. The number of methoxy groups -OCH3 is 1. The van der Waals surface area contributed by atoms with Crippen LogP contribution in [0.2, 0.25) is 0 Å². The monoisotopic (exact) mass is 448 g/mol. The van der Waals surface area contributed by atoms with Crippen LogP contribution in [0.3, 0.4) is 0 Å². The Morgan fingerprint density at radius 2 is 2.06 bits per heavy atom. The Bertz CT molecular complexity index is 1090. The van der Waals surface area contributed by atoms with Gasteiger partial charge in [0.2, 0.25) is 5.95 Å². The van der Waals surface area contributed by atoms with Crippen LogP contribution < -0.4 is 11.1 Å². The summed E-state index contributed by atoms with van der Waals surface area (Å²) in [6.45, 7) is 3.09. The molecule has 0 radical (unpaired) electrons. The van der Waals surface area contributed by atoms with Gasteiger partial charge in [-0.15, -0.1) is 0 Å². The zero-order valence-electron chi connectivity index (χ0n) is 19.3. The molecule has 2 heterocycles. The largest absolute Gasteiger partial charge is 0.384 e. The molecule has 0 atom stereocenters. The van der Waals surface area contributed by atoms with Gasteiger partial charge < -0.3 is 15.8 Å². The molecule has 1 saturated carbocycles. The highest BCUT2D eigenvalue weighted by Gasteiger charge is 2.27. The van der Waals surface area contributed by atoms with E-state index >= 15 is 0 Å². The first-order valence-corrected chi connectivity index (χ1v) is 11.5. The Kier molecular flexibility index (Phi) is 7.47. The Morgan fingerprint density at radius 1 is 1.24 bits per heavy atom. The molecule has 1 aromatic carbocycles. The summed E-state index contributed by atoms with van der Waals surface area (Å²) in [5.74, 6) is 1.01. The minimum absolute atomic E-state index is 0.156. The molecule has 0 amide bonds. The third-order valence-corrected chi connectivity index (χ3v) is 6.45. The summed E-state index contributed by atoms with van der Waals surface area (Å²) in [7, 11) is 1.63. The van der Waals surface area contributed by atoms with Crippen molar-refractivity contribution in [3.63, 3.8) is 0 Å². The maximum atomic E-state index is 12.3. The first-order valence-electron chi connectivity index (χ1n) is 11.5. The van der Waals surface area contributed by atoms with Crippen molar-refractivity contribution in [2.75, 3.05) is 19.0 Å². The fraction of sp³-hybridized carbons (Fsp3) is 0.440. The van der Waals surface area contributed by atoms with Crippen molar-refractivity contribution in [2.24, 2.45) is 11.7 Å². The van der Waals surface area contributed by atoms with Gasteiger partial charge in [0.05, 0.1) is 30.2 Å². The molecule has 3 N–H and O–H groups in total. The fourth-order valence-corrected chi connectivity index (χ4v) is 4.46. The molecule has 2 aromatic heterocycles. The predicted molar refractivity (Wildman–Crippen MR) is 128 cm³/mol. The first kappa shape index (κ1) is 23.1. The maximum absolute atomic E-state index is 12.3. The zero-order chi connectivity index (χ0) is 23.2. The van der Waals surface area contributed by atoms with E-state index in [0.717, 1.165) is 53.8 Å². The van der Waals surface area contributed by atoms with Gasteiger partial charge in [0.15, 0.2) is 0 Å². The molecular formula is C25H32N6O2. The lowest BCUT2D eigenvalue weighted by atomic mass is 9.83. The molecule has 1 aliphatic carbocycles. The Morgan fingerprint density at radius 3 is 2.79 bits per heavy atom. The topological polar surface area (TPSA) is 108 Å². The first-order chi connectivity index (χ1) is 16.1. The van der Waals surface area contributed by atoms with Crippen LogP contribution in [0.5, 0.6) is 0 Å². The average Bonchev–Trinajstić information content (AvgIpc) is 3.31. The highest BCUT2D eigenvalue weighted by Crippen LogP contribution is 2.33. The number of aromatic nitrogens is 4. The van der Waals surface area contributed by atoms with Crippen LogP contribution in [0.1, 0.15) is 49.3 Å². The Balaban J connectivity index is 1.38. The third-order valence-electron chi connectivity index (χ3n) is 6.45. The van der Waals surface area contributed by atoms with E-state index in [4.69, 9.17) is 10.5 Å². The molecule has 174 valence electrons. The number of carbonyl (C=O) groups excluding carboxylic acids is 1. The number of hydrogen-bond donors (Lipinski definition) is 2. The van der Waals surface area contributed by atoms with Gasteiger partial charge in [0, 0.05) is 44.0 Å². The molecule has 3 aromatic rings. The Hall–Kier alpha value is -3.10. The van der Waals surface area contributed by atoms with Crippen molar-refractivity contribution in [1.82, 2.24) is 19.7 Å². The quantitative estimate of drug-likeness (QED) is 0.505. The molecule has 4 rings (SSSR count). The molecule has 0 bridgehead atoms. The standard InChI is InChI=1S/C25H32N6O2/c1-17-13-19(3-4-20(17)14-26)23-9-11-27-25(30-23)29-21-15-28-31(16-21)22-7-5-18(6-8-22)24(32)10-12-33-2/h3-4,9,11,13,15-16,18,22H,5-8,10,12,14,26H2,1-2H3,(H,27,29,30). The van der Waals surface area contributed by atoms with Crippen molar-refractivity contribution in [1.29, 1.82) is 0 Å². The maximum Gasteiger partial charge on any atom is 0.227 e. The number of nitrogens with zero attached hydrogens (tertiary/aromatic N) is 4. The second kappa shape index (κ2) is 10.7. The second-order valence-corrected chi connectivity index (χ2v) is 8.66. The molecule has 1 fully saturated rings. The molecule has 33 heavy (non-hydrogen) atoms. The van der Waals surface area contributed by atoms with Crippen LogP contribution in [0.25, 0.3) is 11.3 Å². The van der Waals surface area contributed by atoms with Gasteiger partial charge in [0.25, 0.3) is 0 Å². The molecule has 1 aliphatic rings. The summed E-state index contributed by atoms with van der Waals surface area (Å²) < 4.78 is 7.03. The van der Waals surface area contributed by atoms with Gasteiger partial charge in [-0.05, 0) is 55.9 Å². The summed E-state index contributed by atoms with van der Waals surface area (Å²) in [6.07, 6.45) is 9.77. The number of nitrogens with two attached hydrogens (primary N) is 1. The van der Waals surface area contributed by atoms with E-state index in [0.29, 0.717) is 37.3 Å². The SMILES string of the molecule is COCCC(=O)C1CCC(n2cc(Nc3nccc(-c4ccc(CN)c(C)c4)n3)cn2)CC1. The highest BCUT2D eigenvalue weighted by molar-refractivity contribution is 5.81. The fourth-order valence-electron chi connectivity index (χ4n) is 4.46. The van der Waals surface area contributed by atoms with Crippen molar-refractivity contribution < 1.29 is 9.53 Å². The van der Waals surface area contributed by atoms with Gasteiger partial charge in [-0.3, -0.25) is 9.48 Å². The van der Waals surface area contributed by atoms with Crippen LogP contribution in [0, 0.1) is 12.8 Å². The predicted octanol–water partition coefficient (Wildman–Crippen LogP) is 4.19. The molecule has 0 aliphatic heterocycles. The molecule has 0 saturated heterocycles. The number of hydrogen-bond acceptors (Lipinski definition) is 7. The number of ketones is 1. The number of rotatable bonds is 9. The van der Waals surface area contributed by atoms with Crippen LogP contribution in [-0.2, 0) is 16.1 Å². The second-order valence-electron chi connectivity index (χ2n) is 8.66. The number of nitrogens with one attached hydrogen (secondary N) is 1. The van der Waals surface area contributed by atoms with E-state index in [9.17, 15) is 4.79 Å². The summed E-state index contributed by atoms with van der Waals surface area (Å²) in [4.78, 5) is 21.3. The van der Waals surface area contributed by atoms with E-state index in [1.54, 1.807) is 19.5 Å². The molecule has 0 spiro atoms. The lowest BCUT2D eigenvalue weighted by molar-refractivity contribution is -0.124. The minimum atomic E-state index is 0.156. The summed E-state index contributed by atoms with van der Waals surface area (Å²) in [5.41, 5.74) is 10.8. The van der Waals surface area contributed by atoms with Crippen molar-refractivity contribution in [2.45, 2.75) is 51.6 Å². The number of aryl methyl sites for hydroxylation is 1. The summed E-state index contributed by atoms with van der Waals surface area (Å²) in [6, 6.07) is 8.39. The lowest BCUT2D eigenvalue weighted by Gasteiger charge is -2.27. The summed E-state index contributed by atoms with van der Waals surface area (Å²) in [5, 5.41) is 7.82. The van der Waals surface area contributed by atoms with Crippen LogP contribution in [-0.4, -0.2) is 39.2 Å².